The standard InChI is InChI=1S/C26H19ClN2O5/c1-31-22-9-5-16(13-24(22)32-2)26-29-19-14-18(8-10-21(19)34-26)28-25(30)23-12-11-20(33-23)15-3-6-17(27)7-4-15/h3-14H,1-2H3,(H,28,30). The number of anilines is 1. The number of furan rings is 1. The minimum absolute atomic E-state index is 0.191. The van der Waals surface area contributed by atoms with E-state index in [1.165, 1.54) is 0 Å². The molecule has 7 nitrogen and oxygen atoms in total. The van der Waals surface area contributed by atoms with Crippen molar-refractivity contribution in [1.82, 2.24) is 4.98 Å². The van der Waals surface area contributed by atoms with E-state index >= 15 is 0 Å². The van der Waals surface area contributed by atoms with Crippen LogP contribution in [0.1, 0.15) is 10.6 Å². The van der Waals surface area contributed by atoms with Gasteiger partial charge in [-0.3, -0.25) is 4.79 Å². The smallest absolute Gasteiger partial charge is 0.291 e. The largest absolute Gasteiger partial charge is 0.493 e. The number of halogens is 1. The summed E-state index contributed by atoms with van der Waals surface area (Å²) in [5.41, 5.74) is 3.32. The lowest BCUT2D eigenvalue weighted by Gasteiger charge is -2.07. The van der Waals surface area contributed by atoms with Gasteiger partial charge in [-0.1, -0.05) is 11.6 Å². The van der Waals surface area contributed by atoms with Gasteiger partial charge in [-0.05, 0) is 72.8 Å². The monoisotopic (exact) mass is 474 g/mol. The number of carbonyl (C=O) groups excluding carboxylic acids is 1. The summed E-state index contributed by atoms with van der Waals surface area (Å²) in [7, 11) is 3.15. The molecule has 0 saturated heterocycles. The second-order valence-electron chi connectivity index (χ2n) is 7.40. The van der Waals surface area contributed by atoms with E-state index in [9.17, 15) is 4.79 Å². The summed E-state index contributed by atoms with van der Waals surface area (Å²) in [4.78, 5) is 17.3. The molecule has 1 N–H and O–H groups in total. The van der Waals surface area contributed by atoms with Gasteiger partial charge >= 0.3 is 0 Å². The highest BCUT2D eigenvalue weighted by Crippen LogP contribution is 2.33. The zero-order chi connectivity index (χ0) is 23.7. The Morgan fingerprint density at radius 3 is 2.38 bits per heavy atom. The van der Waals surface area contributed by atoms with Gasteiger partial charge in [0, 0.05) is 21.8 Å². The van der Waals surface area contributed by atoms with Crippen molar-refractivity contribution < 1.29 is 23.1 Å². The van der Waals surface area contributed by atoms with E-state index in [0.29, 0.717) is 45.0 Å². The summed E-state index contributed by atoms with van der Waals surface area (Å²) >= 11 is 5.93. The molecule has 0 atom stereocenters. The molecule has 0 aliphatic carbocycles. The van der Waals surface area contributed by atoms with Crippen LogP contribution in [-0.4, -0.2) is 25.1 Å². The minimum Gasteiger partial charge on any atom is -0.493 e. The number of hydrogen-bond donors (Lipinski definition) is 1. The van der Waals surface area contributed by atoms with E-state index in [2.05, 4.69) is 10.3 Å². The maximum absolute atomic E-state index is 12.7. The van der Waals surface area contributed by atoms with Gasteiger partial charge in [-0.15, -0.1) is 0 Å². The van der Waals surface area contributed by atoms with Crippen molar-refractivity contribution in [2.75, 3.05) is 19.5 Å². The Kier molecular flexibility index (Phi) is 5.69. The van der Waals surface area contributed by atoms with E-state index in [0.717, 1.165) is 11.1 Å². The van der Waals surface area contributed by atoms with Gasteiger partial charge in [0.25, 0.3) is 5.91 Å². The van der Waals surface area contributed by atoms with E-state index in [4.69, 9.17) is 29.9 Å². The van der Waals surface area contributed by atoms with E-state index < -0.39 is 0 Å². The van der Waals surface area contributed by atoms with Gasteiger partial charge < -0.3 is 23.6 Å². The number of benzene rings is 3. The van der Waals surface area contributed by atoms with Gasteiger partial charge in [-0.2, -0.15) is 0 Å². The third-order valence-corrected chi connectivity index (χ3v) is 5.49. The Balaban J connectivity index is 1.36. The van der Waals surface area contributed by atoms with Crippen LogP contribution in [0.2, 0.25) is 5.02 Å². The van der Waals surface area contributed by atoms with E-state index in [-0.39, 0.29) is 11.7 Å². The van der Waals surface area contributed by atoms with Crippen molar-refractivity contribution in [2.24, 2.45) is 0 Å². The van der Waals surface area contributed by atoms with Gasteiger partial charge in [0.05, 0.1) is 14.2 Å². The molecular weight excluding hydrogens is 456 g/mol. The van der Waals surface area contributed by atoms with Gasteiger partial charge in [-0.25, -0.2) is 4.98 Å². The van der Waals surface area contributed by atoms with Crippen LogP contribution >= 0.6 is 11.6 Å². The first-order valence-electron chi connectivity index (χ1n) is 10.3. The van der Waals surface area contributed by atoms with Crippen LogP contribution in [0.5, 0.6) is 11.5 Å². The lowest BCUT2D eigenvalue weighted by atomic mass is 10.2. The van der Waals surface area contributed by atoms with Crippen LogP contribution < -0.4 is 14.8 Å². The topological polar surface area (TPSA) is 86.7 Å². The van der Waals surface area contributed by atoms with Crippen LogP contribution in [0.15, 0.2) is 81.6 Å². The number of fused-ring (bicyclic) bond motifs is 1. The molecule has 0 saturated carbocycles. The summed E-state index contributed by atoms with van der Waals surface area (Å²) in [5.74, 6) is 2.02. The fraction of sp³-hybridized carbons (Fsp3) is 0.0769. The first-order valence-corrected chi connectivity index (χ1v) is 10.7. The number of rotatable bonds is 6. The highest BCUT2D eigenvalue weighted by molar-refractivity contribution is 6.30. The van der Waals surface area contributed by atoms with Crippen molar-refractivity contribution in [3.63, 3.8) is 0 Å². The summed E-state index contributed by atoms with van der Waals surface area (Å²) in [6.07, 6.45) is 0. The van der Waals surface area contributed by atoms with Gasteiger partial charge in [0.2, 0.25) is 5.89 Å². The van der Waals surface area contributed by atoms with Crippen LogP contribution in [0, 0.1) is 0 Å². The molecular formula is C26H19ClN2O5. The molecule has 0 unspecified atom stereocenters. The average molecular weight is 475 g/mol. The fourth-order valence-electron chi connectivity index (χ4n) is 3.52. The lowest BCUT2D eigenvalue weighted by Crippen LogP contribution is -2.10. The number of aromatic nitrogens is 1. The maximum Gasteiger partial charge on any atom is 0.291 e. The highest BCUT2D eigenvalue weighted by Gasteiger charge is 2.15. The third-order valence-electron chi connectivity index (χ3n) is 5.23. The molecule has 8 heteroatoms. The molecule has 1 amide bonds. The summed E-state index contributed by atoms with van der Waals surface area (Å²) in [5, 5.41) is 3.46. The van der Waals surface area contributed by atoms with Crippen LogP contribution in [0.4, 0.5) is 5.69 Å². The molecule has 5 aromatic rings. The first-order chi connectivity index (χ1) is 16.5. The normalized spacial score (nSPS) is 10.9. The van der Waals surface area contributed by atoms with E-state index in [1.54, 1.807) is 68.8 Å². The Morgan fingerprint density at radius 1 is 0.853 bits per heavy atom. The molecule has 0 radical (unpaired) electrons. The molecule has 170 valence electrons. The van der Waals surface area contributed by atoms with Crippen molar-refractivity contribution in [3.8, 4) is 34.3 Å². The molecule has 0 fully saturated rings. The zero-order valence-corrected chi connectivity index (χ0v) is 19.1. The Morgan fingerprint density at radius 2 is 1.62 bits per heavy atom. The molecule has 5 rings (SSSR count). The lowest BCUT2D eigenvalue weighted by molar-refractivity contribution is 0.0997. The predicted molar refractivity (Wildman–Crippen MR) is 130 cm³/mol. The number of nitrogens with one attached hydrogen (secondary N) is 1. The third kappa shape index (κ3) is 4.21. The van der Waals surface area contributed by atoms with Crippen molar-refractivity contribution >= 4 is 34.3 Å². The quantitative estimate of drug-likeness (QED) is 0.295. The number of methoxy groups -OCH3 is 2. The summed E-state index contributed by atoms with van der Waals surface area (Å²) < 4.78 is 22.2. The summed E-state index contributed by atoms with van der Waals surface area (Å²) in [6, 6.07) is 21.2. The molecule has 0 bridgehead atoms. The Labute approximate surface area is 199 Å². The first kappa shape index (κ1) is 21.6. The van der Waals surface area contributed by atoms with Crippen LogP contribution in [0.25, 0.3) is 33.9 Å². The molecule has 2 aromatic heterocycles. The Bertz CT molecular complexity index is 1490. The number of ether oxygens (including phenoxy) is 2. The molecule has 2 heterocycles. The summed E-state index contributed by atoms with van der Waals surface area (Å²) in [6.45, 7) is 0. The van der Waals surface area contributed by atoms with Crippen LogP contribution in [-0.2, 0) is 0 Å². The van der Waals surface area contributed by atoms with E-state index in [1.807, 2.05) is 18.2 Å². The maximum atomic E-state index is 12.7. The molecule has 0 spiro atoms. The van der Waals surface area contributed by atoms with Crippen molar-refractivity contribution in [3.05, 3.63) is 83.6 Å². The predicted octanol–water partition coefficient (Wildman–Crippen LogP) is 6.68. The van der Waals surface area contributed by atoms with Crippen LogP contribution in [0.3, 0.4) is 0 Å². The SMILES string of the molecule is COc1ccc(-c2nc3cc(NC(=O)c4ccc(-c5ccc(Cl)cc5)o4)ccc3o2)cc1OC. The zero-order valence-electron chi connectivity index (χ0n) is 18.3. The number of oxazole rings is 1. The second-order valence-corrected chi connectivity index (χ2v) is 7.83. The van der Waals surface area contributed by atoms with Gasteiger partial charge in [0.1, 0.15) is 11.3 Å². The molecule has 34 heavy (non-hydrogen) atoms. The number of carbonyl (C=O) groups is 1. The number of hydrogen-bond acceptors (Lipinski definition) is 6. The molecule has 0 aliphatic rings. The Hall–Kier alpha value is -4.23. The molecule has 3 aromatic carbocycles. The highest BCUT2D eigenvalue weighted by atomic mass is 35.5. The molecule has 0 aliphatic heterocycles. The average Bonchev–Trinajstić information content (AvgIpc) is 3.51. The fourth-order valence-corrected chi connectivity index (χ4v) is 3.65. The van der Waals surface area contributed by atoms with Crippen molar-refractivity contribution in [2.45, 2.75) is 0 Å². The number of amides is 1. The van der Waals surface area contributed by atoms with Gasteiger partial charge in [0.15, 0.2) is 22.8 Å². The van der Waals surface area contributed by atoms with Crippen molar-refractivity contribution in [1.29, 1.82) is 0 Å². The number of nitrogens with zero attached hydrogens (tertiary/aromatic N) is 1. The minimum atomic E-state index is -0.372. The second kappa shape index (κ2) is 8.96.